The first-order valence-corrected chi connectivity index (χ1v) is 23.3. The van der Waals surface area contributed by atoms with Crippen LogP contribution >= 0.6 is 15.9 Å². The molecule has 0 unspecified atom stereocenters. The molecule has 0 aliphatic rings. The Hall–Kier alpha value is -5.64. The summed E-state index contributed by atoms with van der Waals surface area (Å²) in [5.74, 6) is -0.484. The van der Waals surface area contributed by atoms with Crippen LogP contribution in [0.3, 0.4) is 0 Å². The topological polar surface area (TPSA) is 253 Å². The van der Waals surface area contributed by atoms with E-state index >= 15 is 0 Å². The van der Waals surface area contributed by atoms with E-state index in [0.717, 1.165) is 47.1 Å². The number of aromatic nitrogens is 6. The van der Waals surface area contributed by atoms with Crippen LogP contribution in [0.15, 0.2) is 152 Å². The summed E-state index contributed by atoms with van der Waals surface area (Å²) >= 11 is 3.39. The van der Waals surface area contributed by atoms with Gasteiger partial charge in [0.1, 0.15) is 11.5 Å². The average Bonchev–Trinajstić information content (AvgIpc) is 4.13. The molecule has 0 aliphatic carbocycles. The maximum Gasteiger partial charge on any atom is 1.00 e. The molecule has 406 valence electrons. The molecule has 0 amide bonds. The van der Waals surface area contributed by atoms with E-state index in [9.17, 15) is 45.5 Å². The molecule has 0 spiro atoms. The summed E-state index contributed by atoms with van der Waals surface area (Å²) in [7, 11) is 2.75. The first kappa shape index (κ1) is 67.6. The van der Waals surface area contributed by atoms with E-state index in [1.54, 1.807) is 12.3 Å². The number of ether oxygens (including phenoxy) is 4. The van der Waals surface area contributed by atoms with Crippen LogP contribution in [-0.4, -0.2) is 75.2 Å². The van der Waals surface area contributed by atoms with Crippen LogP contribution in [0.4, 0.5) is 26.3 Å². The summed E-state index contributed by atoms with van der Waals surface area (Å²) in [6, 6.07) is 31.6. The Morgan fingerprint density at radius 3 is 1.52 bits per heavy atom. The van der Waals surface area contributed by atoms with Gasteiger partial charge in [-0.25, -0.2) is 0 Å². The van der Waals surface area contributed by atoms with Gasteiger partial charge in [-0.1, -0.05) is 74.8 Å². The van der Waals surface area contributed by atoms with Crippen molar-refractivity contribution in [1.29, 1.82) is 0 Å². The molecule has 0 saturated carbocycles. The molecule has 0 radical (unpaired) electrons. The summed E-state index contributed by atoms with van der Waals surface area (Å²) in [4.78, 5) is 67.9. The summed E-state index contributed by atoms with van der Waals surface area (Å²) in [5.41, 5.74) is 5.59. The number of pyridine rings is 2. The molecule has 8 aromatic rings. The fraction of sp³-hybridized carbons (Fsp3) is 0.196. The maximum absolute atomic E-state index is 12.4. The normalized spacial score (nSPS) is 10.5. The minimum absolute atomic E-state index is 0. The molecule has 4 aromatic carbocycles. The van der Waals surface area contributed by atoms with E-state index in [2.05, 4.69) is 77.2 Å². The molecular formula is C51H43BrF6K2N6O13. The zero-order valence-electron chi connectivity index (χ0n) is 43.2. The van der Waals surface area contributed by atoms with Gasteiger partial charge in [0, 0.05) is 53.8 Å². The van der Waals surface area contributed by atoms with Crippen LogP contribution in [0.5, 0.6) is 11.5 Å². The number of benzene rings is 4. The van der Waals surface area contributed by atoms with Crippen molar-refractivity contribution in [2.45, 2.75) is 50.3 Å². The number of carbonyl (C=O) groups excluding carboxylic acids is 3. The quantitative estimate of drug-likeness (QED) is 0.0278. The molecule has 0 aliphatic heterocycles. The van der Waals surface area contributed by atoms with Gasteiger partial charge in [0.05, 0.1) is 31.9 Å². The monoisotopic (exact) mass is 1220 g/mol. The Kier molecular flexibility index (Phi) is 29.0. The smallest absolute Gasteiger partial charge is 1.00 e. The van der Waals surface area contributed by atoms with Crippen molar-refractivity contribution in [3.8, 4) is 57.2 Å². The number of hydrogen-bond acceptors (Lipinski definition) is 17. The summed E-state index contributed by atoms with van der Waals surface area (Å²) < 4.78 is 102. The van der Waals surface area contributed by atoms with Crippen molar-refractivity contribution in [3.63, 3.8) is 0 Å². The van der Waals surface area contributed by atoms with Gasteiger partial charge in [0.2, 0.25) is 17.2 Å². The van der Waals surface area contributed by atoms with Gasteiger partial charge in [-0.3, -0.25) is 24.0 Å². The summed E-state index contributed by atoms with van der Waals surface area (Å²) in [6.07, 6.45) is -4.56. The Labute approximate surface area is 539 Å². The number of halogens is 7. The van der Waals surface area contributed by atoms with Gasteiger partial charge < -0.3 is 49.1 Å². The number of aromatic amines is 1. The van der Waals surface area contributed by atoms with Gasteiger partial charge in [-0.05, 0) is 95.8 Å². The summed E-state index contributed by atoms with van der Waals surface area (Å²) in [6.45, 7) is 0.0976. The van der Waals surface area contributed by atoms with E-state index < -0.39 is 12.7 Å². The van der Waals surface area contributed by atoms with Gasteiger partial charge in [-0.2, -0.15) is 9.97 Å². The van der Waals surface area contributed by atoms with Crippen LogP contribution in [0.2, 0.25) is 0 Å². The molecule has 1 N–H and O–H groups in total. The van der Waals surface area contributed by atoms with Crippen LogP contribution in [-0.2, 0) is 53.5 Å². The minimum atomic E-state index is -4.78. The number of H-pyrrole nitrogens is 1. The minimum Gasteiger partial charge on any atom is -1.00 e. The first-order valence-electron chi connectivity index (χ1n) is 22.2. The Morgan fingerprint density at radius 1 is 0.658 bits per heavy atom. The molecule has 0 fully saturated rings. The second-order valence-corrected chi connectivity index (χ2v) is 16.0. The molecule has 19 nitrogen and oxygen atoms in total. The van der Waals surface area contributed by atoms with Gasteiger partial charge in [0.25, 0.3) is 23.8 Å². The first-order chi connectivity index (χ1) is 36.8. The molecule has 0 bridgehead atoms. The van der Waals surface area contributed by atoms with Crippen molar-refractivity contribution in [3.05, 3.63) is 177 Å². The van der Waals surface area contributed by atoms with E-state index in [1.165, 1.54) is 78.6 Å². The summed E-state index contributed by atoms with van der Waals surface area (Å²) in [5, 5.41) is 16.9. The molecular weight excluding hydrogens is 1180 g/mol. The van der Waals surface area contributed by atoms with Gasteiger partial charge in [0.15, 0.2) is 0 Å². The number of aryl methyl sites for hydroxylation is 2. The van der Waals surface area contributed by atoms with E-state index in [-0.39, 0.29) is 182 Å². The van der Waals surface area contributed by atoms with Gasteiger partial charge >= 0.3 is 127 Å². The second kappa shape index (κ2) is 33.8. The van der Waals surface area contributed by atoms with E-state index in [1.807, 2.05) is 36.4 Å². The van der Waals surface area contributed by atoms with Crippen molar-refractivity contribution in [2.75, 3.05) is 14.2 Å². The van der Waals surface area contributed by atoms with Crippen LogP contribution in [0.25, 0.3) is 45.7 Å². The molecule has 0 saturated heterocycles. The fourth-order valence-corrected chi connectivity index (χ4v) is 6.85. The number of nitrogens with zero attached hydrogens (tertiary/aromatic N) is 5. The fourth-order valence-electron chi connectivity index (χ4n) is 6.50. The number of esters is 2. The number of hydrogen-bond donors (Lipinski definition) is 1. The number of alkyl halides is 7. The SMILES string of the molecule is COC(=O)CCc1cccc(CBr)c1.COC(=O)CCc1cccc(Cn2cc(-c3nc(-c4ccc(OC(F)(F)F)cc4)no3)ccc2=O)c1.O=CO[O-].O=c1ccc(-c2nc(-c3ccc(OC(F)(F)F)cc3)no2)c[nH]1.[H-].[K+].[K+]. The predicted molar refractivity (Wildman–Crippen MR) is 262 cm³/mol. The van der Waals surface area contributed by atoms with E-state index in [4.69, 9.17) is 19.1 Å². The standard InChI is InChI=1S/C25H20F3N3O5.C14H8F3N3O3.C11H13BrO2.CH2O3.2K.H/c1-34-22(33)12-5-16-3-2-4-17(13-16)14-31-15-19(8-11-21(31)32)24-29-23(30-36-24)18-6-9-20(10-7-18)35-25(26,27)28;15-14(16,17)22-10-4-1-8(2-5-10)12-19-13(23-20-12)9-3-6-11(21)18-7-9;1-14-11(13)6-5-9-3-2-4-10(7-9)8-12;2-1-4-3;;;/h2-4,6-11,13,15H,5,12,14H2,1H3;1-7H,(H,18,21);2-4,7H,5-6,8H2,1H3;1,3H;;;/q;;;;2*+1;-1/p-1. The maximum atomic E-state index is 12.4. The third kappa shape index (κ3) is 23.9. The number of carbonyl (C=O) groups is 3. The van der Waals surface area contributed by atoms with Crippen molar-refractivity contribution >= 4 is 34.3 Å². The molecule has 79 heavy (non-hydrogen) atoms. The van der Waals surface area contributed by atoms with Crippen molar-refractivity contribution in [1.82, 2.24) is 29.8 Å². The third-order valence-electron chi connectivity index (χ3n) is 10.0. The zero-order chi connectivity index (χ0) is 56.0. The largest absolute Gasteiger partial charge is 1.00 e. The van der Waals surface area contributed by atoms with E-state index in [0.29, 0.717) is 35.1 Å². The third-order valence-corrected chi connectivity index (χ3v) is 10.7. The number of rotatable bonds is 16. The number of nitrogens with one attached hydrogen (secondary N) is 1. The second-order valence-electron chi connectivity index (χ2n) is 15.4. The zero-order valence-corrected chi connectivity index (χ0v) is 50.0. The Bertz CT molecular complexity index is 3290. The molecule has 28 heteroatoms. The molecule has 8 rings (SSSR count). The predicted octanol–water partition coefficient (Wildman–Crippen LogP) is 2.85. The molecule has 4 aromatic heterocycles. The Balaban J connectivity index is 0.000000426. The van der Waals surface area contributed by atoms with Crippen LogP contribution in [0.1, 0.15) is 36.5 Å². The molecule has 0 atom stereocenters. The van der Waals surface area contributed by atoms with Crippen molar-refractivity contribution < 1.29 is 183 Å². The van der Waals surface area contributed by atoms with Gasteiger partial charge in [-0.15, -0.1) is 26.3 Å². The van der Waals surface area contributed by atoms with Crippen LogP contribution < -0.4 is 129 Å². The number of methoxy groups -OCH3 is 2. The average molecular weight is 1220 g/mol. The molecule has 4 heterocycles. The van der Waals surface area contributed by atoms with Crippen LogP contribution in [0, 0.1) is 0 Å². The Morgan fingerprint density at radius 2 is 1.09 bits per heavy atom. The van der Waals surface area contributed by atoms with Crippen molar-refractivity contribution in [2.24, 2.45) is 0 Å².